The molecule has 0 aliphatic heterocycles. The summed E-state index contributed by atoms with van der Waals surface area (Å²) in [5.74, 6) is -5.12. The first-order chi connectivity index (χ1) is 9.72. The van der Waals surface area contributed by atoms with Crippen LogP contribution in [0.2, 0.25) is 0 Å². The highest BCUT2D eigenvalue weighted by molar-refractivity contribution is 7.92. The standard InChI is InChI=1S/C12H8F4N2O2S/c13-6-4-8(15)12(9(16)5-6)18-21(19,20)10-3-1-2-7(14)11(10)17/h1-5,18H,17H2. The van der Waals surface area contributed by atoms with Crippen LogP contribution in [-0.2, 0) is 10.0 Å². The summed E-state index contributed by atoms with van der Waals surface area (Å²) in [6, 6.07) is 3.55. The Bertz CT molecular complexity index is 786. The lowest BCUT2D eigenvalue weighted by Gasteiger charge is -2.12. The molecule has 2 rings (SSSR count). The maximum atomic E-state index is 13.4. The highest BCUT2D eigenvalue weighted by Crippen LogP contribution is 2.27. The molecular weight excluding hydrogens is 312 g/mol. The van der Waals surface area contributed by atoms with Crippen LogP contribution < -0.4 is 10.5 Å². The van der Waals surface area contributed by atoms with E-state index >= 15 is 0 Å². The maximum Gasteiger partial charge on any atom is 0.264 e. The van der Waals surface area contributed by atoms with Crippen molar-refractivity contribution in [2.45, 2.75) is 4.90 Å². The Hall–Kier alpha value is -2.29. The van der Waals surface area contributed by atoms with Crippen molar-refractivity contribution in [2.75, 3.05) is 10.5 Å². The number of halogens is 4. The van der Waals surface area contributed by atoms with Gasteiger partial charge < -0.3 is 5.73 Å². The Balaban J connectivity index is 2.50. The van der Waals surface area contributed by atoms with Crippen LogP contribution in [-0.4, -0.2) is 8.42 Å². The van der Waals surface area contributed by atoms with Gasteiger partial charge in [0.05, 0.1) is 5.69 Å². The van der Waals surface area contributed by atoms with Gasteiger partial charge in [-0.15, -0.1) is 0 Å². The highest BCUT2D eigenvalue weighted by Gasteiger charge is 2.23. The molecule has 0 atom stereocenters. The fraction of sp³-hybridized carbons (Fsp3) is 0. The first-order valence-electron chi connectivity index (χ1n) is 5.43. The SMILES string of the molecule is Nc1c(F)cccc1S(=O)(=O)Nc1c(F)cc(F)cc1F. The minimum absolute atomic E-state index is 0.301. The van der Waals surface area contributed by atoms with Gasteiger partial charge in [-0.25, -0.2) is 26.0 Å². The van der Waals surface area contributed by atoms with Gasteiger partial charge in [0.1, 0.15) is 22.2 Å². The number of benzene rings is 2. The minimum Gasteiger partial charge on any atom is -0.395 e. The quantitative estimate of drug-likeness (QED) is 0.674. The van der Waals surface area contributed by atoms with Crippen molar-refractivity contribution in [1.82, 2.24) is 0 Å². The molecule has 0 spiro atoms. The molecule has 4 nitrogen and oxygen atoms in total. The number of anilines is 2. The van der Waals surface area contributed by atoms with Crippen LogP contribution in [0.15, 0.2) is 35.2 Å². The van der Waals surface area contributed by atoms with Crippen LogP contribution >= 0.6 is 0 Å². The summed E-state index contributed by atoms with van der Waals surface area (Å²) in [7, 11) is -4.54. The largest absolute Gasteiger partial charge is 0.395 e. The van der Waals surface area contributed by atoms with E-state index < -0.39 is 49.6 Å². The number of nitrogens with one attached hydrogen (secondary N) is 1. The molecular formula is C12H8F4N2O2S. The van der Waals surface area contributed by atoms with Gasteiger partial charge in [0.15, 0.2) is 11.6 Å². The minimum atomic E-state index is -4.54. The van der Waals surface area contributed by atoms with Gasteiger partial charge >= 0.3 is 0 Å². The van der Waals surface area contributed by atoms with E-state index in [0.717, 1.165) is 18.2 Å². The van der Waals surface area contributed by atoms with Crippen LogP contribution in [0.5, 0.6) is 0 Å². The number of sulfonamides is 1. The zero-order chi connectivity index (χ0) is 15.8. The predicted octanol–water partition coefficient (Wildman–Crippen LogP) is 2.63. The molecule has 2 aromatic rings. The monoisotopic (exact) mass is 320 g/mol. The first kappa shape index (κ1) is 15.1. The molecule has 0 aliphatic carbocycles. The van der Waals surface area contributed by atoms with Crippen LogP contribution in [0.1, 0.15) is 0 Å². The molecule has 112 valence electrons. The van der Waals surface area contributed by atoms with Gasteiger partial charge in [0.25, 0.3) is 10.0 Å². The van der Waals surface area contributed by atoms with E-state index in [-0.39, 0.29) is 0 Å². The molecule has 0 heterocycles. The number of hydrogen-bond acceptors (Lipinski definition) is 3. The van der Waals surface area contributed by atoms with Crippen molar-refractivity contribution in [3.05, 3.63) is 53.6 Å². The lowest BCUT2D eigenvalue weighted by Crippen LogP contribution is -2.17. The van der Waals surface area contributed by atoms with Gasteiger partial charge in [-0.2, -0.15) is 0 Å². The molecule has 21 heavy (non-hydrogen) atoms. The van der Waals surface area contributed by atoms with Gasteiger partial charge in [-0.05, 0) is 12.1 Å². The van der Waals surface area contributed by atoms with E-state index in [2.05, 4.69) is 0 Å². The molecule has 0 saturated heterocycles. The van der Waals surface area contributed by atoms with Crippen molar-refractivity contribution < 1.29 is 26.0 Å². The van der Waals surface area contributed by atoms with E-state index in [1.807, 2.05) is 0 Å². The Kier molecular flexibility index (Phi) is 3.77. The van der Waals surface area contributed by atoms with E-state index in [0.29, 0.717) is 12.1 Å². The van der Waals surface area contributed by atoms with Gasteiger partial charge in [0, 0.05) is 12.1 Å². The lowest BCUT2D eigenvalue weighted by molar-refractivity contribution is 0.547. The molecule has 0 unspecified atom stereocenters. The molecule has 0 bridgehead atoms. The second-order valence-electron chi connectivity index (χ2n) is 4.00. The molecule has 0 fully saturated rings. The Morgan fingerprint density at radius 2 is 1.52 bits per heavy atom. The van der Waals surface area contributed by atoms with E-state index in [4.69, 9.17) is 5.73 Å². The van der Waals surface area contributed by atoms with E-state index in [9.17, 15) is 26.0 Å². The van der Waals surface area contributed by atoms with Crippen molar-refractivity contribution in [1.29, 1.82) is 0 Å². The Morgan fingerprint density at radius 3 is 2.10 bits per heavy atom. The van der Waals surface area contributed by atoms with E-state index in [1.165, 1.54) is 0 Å². The van der Waals surface area contributed by atoms with Crippen molar-refractivity contribution in [2.24, 2.45) is 0 Å². The predicted molar refractivity (Wildman–Crippen MR) is 67.9 cm³/mol. The average Bonchev–Trinajstić information content (AvgIpc) is 2.37. The van der Waals surface area contributed by atoms with Crippen molar-refractivity contribution >= 4 is 21.4 Å². The Labute approximate surface area is 117 Å². The molecule has 0 aromatic heterocycles. The fourth-order valence-electron chi connectivity index (χ4n) is 1.58. The molecule has 2 aromatic carbocycles. The van der Waals surface area contributed by atoms with Gasteiger partial charge in [-0.3, -0.25) is 4.72 Å². The number of para-hydroxylation sites is 1. The second kappa shape index (κ2) is 5.24. The van der Waals surface area contributed by atoms with Crippen LogP contribution in [0, 0.1) is 23.3 Å². The zero-order valence-electron chi connectivity index (χ0n) is 10.2. The smallest absolute Gasteiger partial charge is 0.264 e. The zero-order valence-corrected chi connectivity index (χ0v) is 11.0. The number of nitrogen functional groups attached to an aromatic ring is 1. The molecule has 0 saturated carbocycles. The van der Waals surface area contributed by atoms with Gasteiger partial charge in [-0.1, -0.05) is 6.07 Å². The third-order valence-electron chi connectivity index (χ3n) is 2.55. The van der Waals surface area contributed by atoms with Crippen LogP contribution in [0.25, 0.3) is 0 Å². The summed E-state index contributed by atoms with van der Waals surface area (Å²) in [5, 5.41) is 0. The summed E-state index contributed by atoms with van der Waals surface area (Å²) in [6.45, 7) is 0. The number of rotatable bonds is 3. The van der Waals surface area contributed by atoms with Crippen molar-refractivity contribution in [3.63, 3.8) is 0 Å². The second-order valence-corrected chi connectivity index (χ2v) is 5.65. The normalized spacial score (nSPS) is 11.4. The van der Waals surface area contributed by atoms with Crippen molar-refractivity contribution in [3.8, 4) is 0 Å². The highest BCUT2D eigenvalue weighted by atomic mass is 32.2. The topological polar surface area (TPSA) is 72.2 Å². The summed E-state index contributed by atoms with van der Waals surface area (Å²) in [4.78, 5) is -0.689. The summed E-state index contributed by atoms with van der Waals surface area (Å²) in [6.07, 6.45) is 0. The third kappa shape index (κ3) is 2.92. The van der Waals surface area contributed by atoms with Crippen LogP contribution in [0.3, 0.4) is 0 Å². The number of nitrogens with two attached hydrogens (primary N) is 1. The lowest BCUT2D eigenvalue weighted by atomic mass is 10.3. The molecule has 3 N–H and O–H groups in total. The average molecular weight is 320 g/mol. The molecule has 9 heteroatoms. The van der Waals surface area contributed by atoms with E-state index in [1.54, 1.807) is 4.72 Å². The third-order valence-corrected chi connectivity index (χ3v) is 3.95. The Morgan fingerprint density at radius 1 is 0.952 bits per heavy atom. The summed E-state index contributed by atoms with van der Waals surface area (Å²) >= 11 is 0. The van der Waals surface area contributed by atoms with Gasteiger partial charge in [0.2, 0.25) is 0 Å². The summed E-state index contributed by atoms with van der Waals surface area (Å²) < 4.78 is 78.4. The first-order valence-corrected chi connectivity index (χ1v) is 6.92. The number of hydrogen-bond donors (Lipinski definition) is 2. The molecule has 0 amide bonds. The summed E-state index contributed by atoms with van der Waals surface area (Å²) in [5.41, 5.74) is 3.50. The molecule has 0 radical (unpaired) electrons. The molecule has 0 aliphatic rings. The maximum absolute atomic E-state index is 13.4. The van der Waals surface area contributed by atoms with Crippen LogP contribution in [0.4, 0.5) is 28.9 Å². The fourth-order valence-corrected chi connectivity index (χ4v) is 2.80.